The monoisotopic (exact) mass is 533 g/mol. The molecular weight excluding hydrogens is 501 g/mol. The molecule has 0 spiro atoms. The number of aromatic nitrogens is 3. The highest BCUT2D eigenvalue weighted by Crippen LogP contribution is 2.15. The van der Waals surface area contributed by atoms with Gasteiger partial charge in [-0.1, -0.05) is 42.5 Å². The quantitative estimate of drug-likeness (QED) is 0.286. The minimum atomic E-state index is 0. The fourth-order valence-corrected chi connectivity index (χ4v) is 3.11. The van der Waals surface area contributed by atoms with Gasteiger partial charge in [-0.15, -0.1) is 34.2 Å². The fraction of sp³-hybridized carbons (Fsp3) is 0.348. The number of hydrogen-bond acceptors (Lipinski definition) is 4. The molecule has 1 N–H and O–H groups in total. The third-order valence-electron chi connectivity index (χ3n) is 5.05. The summed E-state index contributed by atoms with van der Waals surface area (Å²) in [6.07, 6.45) is 0. The van der Waals surface area contributed by atoms with Crippen molar-refractivity contribution >= 4 is 35.6 Å². The first-order valence-electron chi connectivity index (χ1n) is 10.1. The SMILES string of the molecule is Cc1nnc(CNC(=NCc2ccccc2)N(C)Cc2cccc(N(C)C)c2)n1C.I. The summed E-state index contributed by atoms with van der Waals surface area (Å²) in [6, 6.07) is 18.8. The van der Waals surface area contributed by atoms with Gasteiger partial charge in [0.25, 0.3) is 0 Å². The van der Waals surface area contributed by atoms with Gasteiger partial charge in [-0.2, -0.15) is 0 Å². The molecule has 3 rings (SSSR count). The highest BCUT2D eigenvalue weighted by Gasteiger charge is 2.11. The van der Waals surface area contributed by atoms with Crippen LogP contribution in [0.15, 0.2) is 59.6 Å². The van der Waals surface area contributed by atoms with E-state index in [9.17, 15) is 0 Å². The largest absolute Gasteiger partial charge is 0.378 e. The Hall–Kier alpha value is -2.62. The number of benzene rings is 2. The zero-order chi connectivity index (χ0) is 21.5. The molecule has 2 aromatic carbocycles. The molecule has 0 saturated heterocycles. The average Bonchev–Trinajstić information content (AvgIpc) is 3.06. The van der Waals surface area contributed by atoms with Crippen molar-refractivity contribution in [3.8, 4) is 0 Å². The molecule has 1 aromatic heterocycles. The lowest BCUT2D eigenvalue weighted by atomic mass is 10.2. The van der Waals surface area contributed by atoms with Crippen LogP contribution < -0.4 is 10.2 Å². The smallest absolute Gasteiger partial charge is 0.194 e. The third-order valence-corrected chi connectivity index (χ3v) is 5.05. The maximum absolute atomic E-state index is 4.86. The number of anilines is 1. The van der Waals surface area contributed by atoms with Gasteiger partial charge in [0, 0.05) is 40.4 Å². The van der Waals surface area contributed by atoms with Gasteiger partial charge in [-0.05, 0) is 30.2 Å². The summed E-state index contributed by atoms with van der Waals surface area (Å²) in [4.78, 5) is 9.12. The van der Waals surface area contributed by atoms with Gasteiger partial charge in [0.15, 0.2) is 11.8 Å². The van der Waals surface area contributed by atoms with E-state index in [2.05, 4.69) is 82.9 Å². The standard InChI is InChI=1S/C23H31N7.HI/c1-18-26-27-22(30(18)5)16-25-23(24-15-19-10-7-6-8-11-19)29(4)17-20-12-9-13-21(14-20)28(2)3;/h6-14H,15-17H2,1-5H3,(H,24,25);1H. The van der Waals surface area contributed by atoms with Crippen molar-refractivity contribution in [2.45, 2.75) is 26.6 Å². The summed E-state index contributed by atoms with van der Waals surface area (Å²) in [5.74, 6) is 2.60. The van der Waals surface area contributed by atoms with Gasteiger partial charge in [-0.25, -0.2) is 4.99 Å². The van der Waals surface area contributed by atoms with E-state index in [4.69, 9.17) is 4.99 Å². The van der Waals surface area contributed by atoms with Gasteiger partial charge < -0.3 is 19.7 Å². The highest BCUT2D eigenvalue weighted by molar-refractivity contribution is 14.0. The molecule has 0 aliphatic carbocycles. The predicted molar refractivity (Wildman–Crippen MR) is 138 cm³/mol. The normalized spacial score (nSPS) is 11.1. The average molecular weight is 533 g/mol. The van der Waals surface area contributed by atoms with Gasteiger partial charge in [0.1, 0.15) is 5.82 Å². The summed E-state index contributed by atoms with van der Waals surface area (Å²) in [7, 11) is 8.14. The molecule has 166 valence electrons. The first-order valence-corrected chi connectivity index (χ1v) is 10.1. The Morgan fingerprint density at radius 2 is 1.71 bits per heavy atom. The van der Waals surface area contributed by atoms with Crippen LogP contribution >= 0.6 is 24.0 Å². The van der Waals surface area contributed by atoms with Crippen molar-refractivity contribution in [2.24, 2.45) is 12.0 Å². The number of nitrogens with zero attached hydrogens (tertiary/aromatic N) is 6. The number of aryl methyl sites for hydroxylation is 1. The topological polar surface area (TPSA) is 61.6 Å². The van der Waals surface area contributed by atoms with Crippen molar-refractivity contribution in [3.05, 3.63) is 77.4 Å². The number of hydrogen-bond donors (Lipinski definition) is 1. The number of halogens is 1. The molecule has 3 aromatic rings. The number of rotatable bonds is 7. The second-order valence-corrected chi connectivity index (χ2v) is 7.62. The zero-order valence-electron chi connectivity index (χ0n) is 18.9. The maximum Gasteiger partial charge on any atom is 0.194 e. The van der Waals surface area contributed by atoms with Crippen LogP contribution in [-0.4, -0.2) is 46.8 Å². The van der Waals surface area contributed by atoms with Gasteiger partial charge in [-0.3, -0.25) is 0 Å². The first-order chi connectivity index (χ1) is 14.4. The lowest BCUT2D eigenvalue weighted by molar-refractivity contribution is 0.472. The van der Waals surface area contributed by atoms with Crippen LogP contribution in [0.3, 0.4) is 0 Å². The molecule has 1 heterocycles. The van der Waals surface area contributed by atoms with E-state index in [1.165, 1.54) is 16.8 Å². The van der Waals surface area contributed by atoms with E-state index in [-0.39, 0.29) is 24.0 Å². The number of guanidine groups is 1. The summed E-state index contributed by atoms with van der Waals surface area (Å²) >= 11 is 0. The summed E-state index contributed by atoms with van der Waals surface area (Å²) in [6.45, 7) is 3.88. The Bertz CT molecular complexity index is 983. The van der Waals surface area contributed by atoms with Crippen molar-refractivity contribution in [2.75, 3.05) is 26.0 Å². The molecule has 0 unspecified atom stereocenters. The van der Waals surface area contributed by atoms with Crippen molar-refractivity contribution in [1.29, 1.82) is 0 Å². The van der Waals surface area contributed by atoms with E-state index >= 15 is 0 Å². The van der Waals surface area contributed by atoms with Gasteiger partial charge in [0.05, 0.1) is 13.1 Å². The molecule has 0 bridgehead atoms. The van der Waals surface area contributed by atoms with E-state index in [1.807, 2.05) is 36.7 Å². The molecule has 0 radical (unpaired) electrons. The second-order valence-electron chi connectivity index (χ2n) is 7.62. The van der Waals surface area contributed by atoms with Crippen LogP contribution in [0, 0.1) is 6.92 Å². The molecule has 7 nitrogen and oxygen atoms in total. The van der Waals surface area contributed by atoms with Crippen molar-refractivity contribution < 1.29 is 0 Å². The molecule has 0 aliphatic heterocycles. The van der Waals surface area contributed by atoms with Crippen LogP contribution in [0.1, 0.15) is 22.8 Å². The van der Waals surface area contributed by atoms with Crippen molar-refractivity contribution in [3.63, 3.8) is 0 Å². The minimum Gasteiger partial charge on any atom is -0.378 e. The highest BCUT2D eigenvalue weighted by atomic mass is 127. The Balaban J connectivity index is 0.00000341. The second kappa shape index (κ2) is 11.7. The summed E-state index contributed by atoms with van der Waals surface area (Å²) < 4.78 is 1.99. The van der Waals surface area contributed by atoms with Gasteiger partial charge in [0.2, 0.25) is 0 Å². The Kier molecular flexibility index (Phi) is 9.29. The Morgan fingerprint density at radius 1 is 1.00 bits per heavy atom. The fourth-order valence-electron chi connectivity index (χ4n) is 3.11. The van der Waals surface area contributed by atoms with E-state index < -0.39 is 0 Å². The van der Waals surface area contributed by atoms with E-state index in [0.717, 1.165) is 24.2 Å². The Morgan fingerprint density at radius 3 is 2.35 bits per heavy atom. The van der Waals surface area contributed by atoms with Crippen LogP contribution in [0.4, 0.5) is 5.69 Å². The van der Waals surface area contributed by atoms with Crippen LogP contribution in [0.25, 0.3) is 0 Å². The lowest BCUT2D eigenvalue weighted by Crippen LogP contribution is -2.38. The molecule has 31 heavy (non-hydrogen) atoms. The van der Waals surface area contributed by atoms with Crippen LogP contribution in [0.2, 0.25) is 0 Å². The van der Waals surface area contributed by atoms with Gasteiger partial charge >= 0.3 is 0 Å². The minimum absolute atomic E-state index is 0. The molecule has 8 heteroatoms. The van der Waals surface area contributed by atoms with E-state index in [0.29, 0.717) is 13.1 Å². The first kappa shape index (κ1) is 24.6. The number of nitrogens with one attached hydrogen (secondary N) is 1. The third kappa shape index (κ3) is 6.95. The zero-order valence-corrected chi connectivity index (χ0v) is 21.2. The molecule has 0 amide bonds. The molecule has 0 aliphatic rings. The summed E-state index contributed by atoms with van der Waals surface area (Å²) in [5.41, 5.74) is 3.59. The molecular formula is C23H32IN7. The van der Waals surface area contributed by atoms with Crippen LogP contribution in [0.5, 0.6) is 0 Å². The van der Waals surface area contributed by atoms with Crippen LogP contribution in [-0.2, 0) is 26.7 Å². The molecule has 0 fully saturated rings. The maximum atomic E-state index is 4.86. The lowest BCUT2D eigenvalue weighted by Gasteiger charge is -2.23. The predicted octanol–water partition coefficient (Wildman–Crippen LogP) is 3.59. The molecule has 0 saturated carbocycles. The Labute approximate surface area is 202 Å². The summed E-state index contributed by atoms with van der Waals surface area (Å²) in [5, 5.41) is 11.9. The van der Waals surface area contributed by atoms with Crippen molar-refractivity contribution in [1.82, 2.24) is 25.0 Å². The van der Waals surface area contributed by atoms with E-state index in [1.54, 1.807) is 0 Å². The molecule has 0 atom stereocenters. The number of aliphatic imine (C=N–C) groups is 1.